The van der Waals surface area contributed by atoms with Crippen LogP contribution in [-0.2, 0) is 0 Å². The fourth-order valence-electron chi connectivity index (χ4n) is 3.45. The predicted octanol–water partition coefficient (Wildman–Crippen LogP) is 4.08. The molecule has 1 aromatic carbocycles. The van der Waals surface area contributed by atoms with Gasteiger partial charge in [0.1, 0.15) is 0 Å². The lowest BCUT2D eigenvalue weighted by molar-refractivity contribution is 0.180. The van der Waals surface area contributed by atoms with Crippen LogP contribution in [0, 0.1) is 5.41 Å². The average molecular weight is 265 g/mol. The van der Waals surface area contributed by atoms with Gasteiger partial charge in [-0.25, -0.2) is 0 Å². The zero-order chi connectivity index (χ0) is 12.6. The minimum Gasteiger partial charge on any atom is -0.398 e. The van der Waals surface area contributed by atoms with E-state index in [0.717, 1.165) is 0 Å². The Morgan fingerprint density at radius 3 is 2.33 bits per heavy atom. The first-order chi connectivity index (χ1) is 8.69. The molecule has 1 aliphatic heterocycles. The lowest BCUT2D eigenvalue weighted by Gasteiger charge is -2.51. The molecule has 1 heterocycles. The fourth-order valence-corrected chi connectivity index (χ4v) is 3.63. The number of hydrogen-bond acceptors (Lipinski definition) is 2. The van der Waals surface area contributed by atoms with Gasteiger partial charge in [-0.2, -0.15) is 0 Å². The van der Waals surface area contributed by atoms with E-state index in [1.807, 2.05) is 12.1 Å². The van der Waals surface area contributed by atoms with Gasteiger partial charge >= 0.3 is 0 Å². The standard InChI is InChI=1S/C15H21ClN2/c16-13-9-12(5-6-14(13)17)18-10-15(11-18)7-3-1-2-4-8-15/h5-6,9H,1-4,7-8,10-11,17H2. The summed E-state index contributed by atoms with van der Waals surface area (Å²) in [6.07, 6.45) is 8.50. The Morgan fingerprint density at radius 1 is 1.06 bits per heavy atom. The number of nitrogen functional groups attached to an aromatic ring is 1. The Bertz CT molecular complexity index is 428. The summed E-state index contributed by atoms with van der Waals surface area (Å²) < 4.78 is 0. The molecule has 3 rings (SSSR count). The molecule has 1 saturated heterocycles. The molecule has 1 saturated carbocycles. The van der Waals surface area contributed by atoms with E-state index in [-0.39, 0.29) is 0 Å². The van der Waals surface area contributed by atoms with E-state index < -0.39 is 0 Å². The summed E-state index contributed by atoms with van der Waals surface area (Å²) >= 11 is 6.09. The Labute approximate surface area is 114 Å². The van der Waals surface area contributed by atoms with Gasteiger partial charge in [-0.3, -0.25) is 0 Å². The second-order valence-corrected chi connectivity index (χ2v) is 6.38. The first kappa shape index (κ1) is 12.2. The minimum atomic E-state index is 0.602. The van der Waals surface area contributed by atoms with E-state index in [2.05, 4.69) is 11.0 Å². The zero-order valence-corrected chi connectivity index (χ0v) is 11.5. The third kappa shape index (κ3) is 2.18. The second-order valence-electron chi connectivity index (χ2n) is 5.98. The SMILES string of the molecule is Nc1ccc(N2CC3(CCCCCC3)C2)cc1Cl. The molecule has 0 bridgehead atoms. The van der Waals surface area contributed by atoms with Crippen molar-refractivity contribution in [1.29, 1.82) is 0 Å². The molecule has 2 aliphatic rings. The summed E-state index contributed by atoms with van der Waals surface area (Å²) in [6, 6.07) is 6.00. The Kier molecular flexibility index (Phi) is 3.14. The van der Waals surface area contributed by atoms with Crippen LogP contribution in [-0.4, -0.2) is 13.1 Å². The maximum absolute atomic E-state index is 6.09. The number of hydrogen-bond donors (Lipinski definition) is 1. The van der Waals surface area contributed by atoms with E-state index in [9.17, 15) is 0 Å². The van der Waals surface area contributed by atoms with Gasteiger partial charge in [0.15, 0.2) is 0 Å². The van der Waals surface area contributed by atoms with Gasteiger partial charge in [-0.1, -0.05) is 37.3 Å². The molecule has 0 amide bonds. The van der Waals surface area contributed by atoms with Crippen LogP contribution in [0.3, 0.4) is 0 Å². The quantitative estimate of drug-likeness (QED) is 0.775. The first-order valence-corrected chi connectivity index (χ1v) is 7.36. The number of anilines is 2. The number of nitrogens with two attached hydrogens (primary N) is 1. The molecule has 2 fully saturated rings. The van der Waals surface area contributed by atoms with Crippen LogP contribution in [0.2, 0.25) is 5.02 Å². The second kappa shape index (κ2) is 4.65. The lowest BCUT2D eigenvalue weighted by Crippen LogP contribution is -2.56. The maximum atomic E-state index is 6.09. The van der Waals surface area contributed by atoms with E-state index >= 15 is 0 Å². The number of rotatable bonds is 1. The van der Waals surface area contributed by atoms with Gasteiger partial charge < -0.3 is 10.6 Å². The van der Waals surface area contributed by atoms with E-state index in [0.29, 0.717) is 16.1 Å². The van der Waals surface area contributed by atoms with Gasteiger partial charge in [0.05, 0.1) is 10.7 Å². The Morgan fingerprint density at radius 2 is 1.72 bits per heavy atom. The van der Waals surface area contributed by atoms with Crippen LogP contribution < -0.4 is 10.6 Å². The number of benzene rings is 1. The zero-order valence-electron chi connectivity index (χ0n) is 10.8. The normalized spacial score (nSPS) is 22.6. The molecule has 0 aromatic heterocycles. The molecular formula is C15H21ClN2. The highest BCUT2D eigenvalue weighted by Crippen LogP contribution is 2.45. The maximum Gasteiger partial charge on any atom is 0.0656 e. The largest absolute Gasteiger partial charge is 0.398 e. The Balaban J connectivity index is 1.68. The molecule has 1 aromatic rings. The van der Waals surface area contributed by atoms with Crippen molar-refractivity contribution in [1.82, 2.24) is 0 Å². The summed E-state index contributed by atoms with van der Waals surface area (Å²) in [4.78, 5) is 2.44. The van der Waals surface area contributed by atoms with Crippen molar-refractivity contribution in [2.75, 3.05) is 23.7 Å². The molecule has 1 aliphatic carbocycles. The van der Waals surface area contributed by atoms with Crippen LogP contribution in [0.15, 0.2) is 18.2 Å². The number of halogens is 1. The van der Waals surface area contributed by atoms with Crippen LogP contribution in [0.25, 0.3) is 0 Å². The summed E-state index contributed by atoms with van der Waals surface area (Å²) in [5.74, 6) is 0. The third-order valence-corrected chi connectivity index (χ3v) is 4.89. The highest BCUT2D eigenvalue weighted by molar-refractivity contribution is 6.33. The summed E-state index contributed by atoms with van der Waals surface area (Å²) in [5, 5.41) is 0.675. The smallest absolute Gasteiger partial charge is 0.0656 e. The van der Waals surface area contributed by atoms with E-state index in [4.69, 9.17) is 17.3 Å². The van der Waals surface area contributed by atoms with Crippen molar-refractivity contribution in [3.63, 3.8) is 0 Å². The van der Waals surface area contributed by atoms with Crippen molar-refractivity contribution >= 4 is 23.0 Å². The Hall–Kier alpha value is -0.890. The van der Waals surface area contributed by atoms with Crippen molar-refractivity contribution in [2.24, 2.45) is 5.41 Å². The molecule has 3 heteroatoms. The van der Waals surface area contributed by atoms with Crippen molar-refractivity contribution < 1.29 is 0 Å². The predicted molar refractivity (Wildman–Crippen MR) is 78.2 cm³/mol. The molecular weight excluding hydrogens is 244 g/mol. The van der Waals surface area contributed by atoms with Gasteiger partial charge in [0.2, 0.25) is 0 Å². The fraction of sp³-hybridized carbons (Fsp3) is 0.600. The van der Waals surface area contributed by atoms with Crippen molar-refractivity contribution in [3.8, 4) is 0 Å². The lowest BCUT2D eigenvalue weighted by atomic mass is 9.73. The molecule has 0 unspecified atom stereocenters. The topological polar surface area (TPSA) is 29.3 Å². The van der Waals surface area contributed by atoms with Gasteiger partial charge in [0, 0.05) is 24.2 Å². The molecule has 0 radical (unpaired) electrons. The van der Waals surface area contributed by atoms with Crippen molar-refractivity contribution in [3.05, 3.63) is 23.2 Å². The average Bonchev–Trinajstić information content (AvgIpc) is 2.56. The number of nitrogens with zero attached hydrogens (tertiary/aromatic N) is 1. The first-order valence-electron chi connectivity index (χ1n) is 6.99. The summed E-state index contributed by atoms with van der Waals surface area (Å²) in [7, 11) is 0. The molecule has 2 nitrogen and oxygen atoms in total. The molecule has 98 valence electrons. The summed E-state index contributed by atoms with van der Waals surface area (Å²) in [6.45, 7) is 2.40. The molecule has 0 atom stereocenters. The van der Waals surface area contributed by atoms with Crippen molar-refractivity contribution in [2.45, 2.75) is 38.5 Å². The van der Waals surface area contributed by atoms with E-state index in [1.54, 1.807) is 0 Å². The van der Waals surface area contributed by atoms with Gasteiger partial charge in [-0.15, -0.1) is 0 Å². The van der Waals surface area contributed by atoms with Crippen LogP contribution in [0.5, 0.6) is 0 Å². The van der Waals surface area contributed by atoms with E-state index in [1.165, 1.54) is 57.3 Å². The monoisotopic (exact) mass is 264 g/mol. The highest BCUT2D eigenvalue weighted by atomic mass is 35.5. The minimum absolute atomic E-state index is 0.602. The van der Waals surface area contributed by atoms with Crippen LogP contribution in [0.1, 0.15) is 38.5 Å². The molecule has 18 heavy (non-hydrogen) atoms. The molecule has 1 spiro atoms. The van der Waals surface area contributed by atoms with Gasteiger partial charge in [0.25, 0.3) is 0 Å². The van der Waals surface area contributed by atoms with Gasteiger partial charge in [-0.05, 0) is 31.0 Å². The highest BCUT2D eigenvalue weighted by Gasteiger charge is 2.42. The van der Waals surface area contributed by atoms with Crippen LogP contribution >= 0.6 is 11.6 Å². The summed E-state index contributed by atoms with van der Waals surface area (Å²) in [5.41, 5.74) is 8.25. The van der Waals surface area contributed by atoms with Crippen LogP contribution in [0.4, 0.5) is 11.4 Å². The molecule has 2 N–H and O–H groups in total. The third-order valence-electron chi connectivity index (χ3n) is 4.57.